The highest BCUT2D eigenvalue weighted by Crippen LogP contribution is 2.32. The summed E-state index contributed by atoms with van der Waals surface area (Å²) in [7, 11) is 1.72. The molecule has 1 unspecified atom stereocenters. The van der Waals surface area contributed by atoms with E-state index >= 15 is 0 Å². The summed E-state index contributed by atoms with van der Waals surface area (Å²) in [6, 6.07) is -0.104. The van der Waals surface area contributed by atoms with Crippen LogP contribution >= 0.6 is 11.3 Å². The molecule has 0 amide bonds. The highest BCUT2D eigenvalue weighted by molar-refractivity contribution is 7.09. The first kappa shape index (κ1) is 15.4. The fraction of sp³-hybridized carbons (Fsp3) is 0.538. The van der Waals surface area contributed by atoms with Crippen LogP contribution in [0.3, 0.4) is 0 Å². The molecule has 2 aromatic heterocycles. The zero-order valence-electron chi connectivity index (χ0n) is 12.6. The highest BCUT2D eigenvalue weighted by atomic mass is 32.1. The van der Waals surface area contributed by atoms with Crippen LogP contribution < -0.4 is 5.32 Å². The van der Waals surface area contributed by atoms with Crippen molar-refractivity contribution in [3.05, 3.63) is 31.9 Å². The molecule has 0 radical (unpaired) electrons. The Balaban J connectivity index is 2.32. The molecular weight excluding hydrogens is 290 g/mol. The molecule has 0 spiro atoms. The molecule has 114 valence electrons. The molecule has 21 heavy (non-hydrogen) atoms. The van der Waals surface area contributed by atoms with Crippen LogP contribution in [0.25, 0.3) is 0 Å². The van der Waals surface area contributed by atoms with Gasteiger partial charge in [-0.2, -0.15) is 5.10 Å². The minimum Gasteiger partial charge on any atom is -0.356 e. The number of nitro groups is 1. The van der Waals surface area contributed by atoms with Gasteiger partial charge in [-0.05, 0) is 20.3 Å². The number of nitrogens with one attached hydrogen (secondary N) is 1. The highest BCUT2D eigenvalue weighted by Gasteiger charge is 2.27. The van der Waals surface area contributed by atoms with Crippen molar-refractivity contribution < 1.29 is 4.92 Å². The molecule has 0 aliphatic carbocycles. The number of hydrogen-bond acceptors (Lipinski definition) is 6. The maximum Gasteiger partial charge on any atom is 0.334 e. The summed E-state index contributed by atoms with van der Waals surface area (Å²) < 4.78 is 1.54. The fourth-order valence-electron chi connectivity index (χ4n) is 2.17. The average Bonchev–Trinajstić information content (AvgIpc) is 2.95. The van der Waals surface area contributed by atoms with Gasteiger partial charge in [0.15, 0.2) is 0 Å². The minimum absolute atomic E-state index is 0.0690. The van der Waals surface area contributed by atoms with E-state index in [1.165, 1.54) is 0 Å². The van der Waals surface area contributed by atoms with Crippen LogP contribution in [-0.4, -0.2) is 19.7 Å². The molecule has 0 aromatic carbocycles. The van der Waals surface area contributed by atoms with E-state index in [9.17, 15) is 10.1 Å². The topological polar surface area (TPSA) is 85.9 Å². The Labute approximate surface area is 127 Å². The largest absolute Gasteiger partial charge is 0.356 e. The van der Waals surface area contributed by atoms with Crippen molar-refractivity contribution >= 4 is 22.8 Å². The third kappa shape index (κ3) is 3.21. The minimum atomic E-state index is -0.361. The van der Waals surface area contributed by atoms with E-state index in [2.05, 4.69) is 15.4 Å². The molecule has 0 fully saturated rings. The van der Waals surface area contributed by atoms with Crippen LogP contribution in [0.2, 0.25) is 0 Å². The van der Waals surface area contributed by atoms with Gasteiger partial charge in [0, 0.05) is 18.1 Å². The van der Waals surface area contributed by atoms with Crippen LogP contribution in [-0.2, 0) is 13.5 Å². The maximum absolute atomic E-state index is 11.4. The lowest BCUT2D eigenvalue weighted by molar-refractivity contribution is -0.384. The molecule has 1 atom stereocenters. The number of nitrogens with zero attached hydrogens (tertiary/aromatic N) is 4. The normalized spacial score (nSPS) is 12.4. The van der Waals surface area contributed by atoms with E-state index in [0.29, 0.717) is 17.9 Å². The lowest BCUT2D eigenvalue weighted by atomic mass is 10.2. The van der Waals surface area contributed by atoms with Gasteiger partial charge in [-0.3, -0.25) is 10.1 Å². The van der Waals surface area contributed by atoms with E-state index in [1.807, 2.05) is 26.2 Å². The molecule has 2 heterocycles. The van der Waals surface area contributed by atoms with Gasteiger partial charge in [0.05, 0.1) is 11.0 Å². The van der Waals surface area contributed by atoms with Gasteiger partial charge in [-0.15, -0.1) is 11.3 Å². The molecule has 0 saturated heterocycles. The second-order valence-electron chi connectivity index (χ2n) is 4.97. The molecule has 0 aliphatic heterocycles. The fourth-order valence-corrected chi connectivity index (χ4v) is 2.97. The van der Waals surface area contributed by atoms with Gasteiger partial charge in [-0.1, -0.05) is 13.3 Å². The second-order valence-corrected chi connectivity index (χ2v) is 5.86. The van der Waals surface area contributed by atoms with E-state index in [4.69, 9.17) is 0 Å². The van der Waals surface area contributed by atoms with Crippen molar-refractivity contribution in [3.63, 3.8) is 0 Å². The van der Waals surface area contributed by atoms with Crippen LogP contribution in [0.4, 0.5) is 11.5 Å². The van der Waals surface area contributed by atoms with Gasteiger partial charge < -0.3 is 5.32 Å². The van der Waals surface area contributed by atoms with Crippen LogP contribution in [0.1, 0.15) is 42.7 Å². The number of rotatable bonds is 6. The van der Waals surface area contributed by atoms with E-state index in [1.54, 1.807) is 23.1 Å². The summed E-state index contributed by atoms with van der Waals surface area (Å²) in [6.45, 7) is 5.85. The van der Waals surface area contributed by atoms with Crippen molar-refractivity contribution in [1.82, 2.24) is 14.8 Å². The Morgan fingerprint density at radius 1 is 1.57 bits per heavy atom. The molecule has 0 saturated carbocycles. The molecule has 2 aromatic rings. The average molecular weight is 309 g/mol. The molecule has 2 rings (SSSR count). The monoisotopic (exact) mass is 309 g/mol. The second kappa shape index (κ2) is 6.21. The third-order valence-corrected chi connectivity index (χ3v) is 4.27. The summed E-state index contributed by atoms with van der Waals surface area (Å²) in [6.07, 6.45) is 1.41. The van der Waals surface area contributed by atoms with E-state index in [0.717, 1.165) is 17.1 Å². The number of hydrogen-bond donors (Lipinski definition) is 1. The standard InChI is InChI=1S/C13H19N5O2S/c1-5-6-10-11(18(19)20)12(17(4)16-10)15-9(3)13-14-8(2)7-21-13/h7,9,15H,5-6H2,1-4H3. The summed E-state index contributed by atoms with van der Waals surface area (Å²) in [5.74, 6) is 0.434. The lowest BCUT2D eigenvalue weighted by Crippen LogP contribution is -2.11. The zero-order chi connectivity index (χ0) is 15.6. The summed E-state index contributed by atoms with van der Waals surface area (Å²) in [5, 5.41) is 21.7. The SMILES string of the molecule is CCCc1nn(C)c(NC(C)c2nc(C)cs2)c1[N+](=O)[O-]. The predicted molar refractivity (Wildman–Crippen MR) is 82.7 cm³/mol. The summed E-state index contributed by atoms with van der Waals surface area (Å²) in [4.78, 5) is 15.4. The third-order valence-electron chi connectivity index (χ3n) is 3.12. The van der Waals surface area contributed by atoms with Crippen molar-refractivity contribution in [2.45, 2.75) is 39.7 Å². The number of anilines is 1. The van der Waals surface area contributed by atoms with Gasteiger partial charge in [-0.25, -0.2) is 9.67 Å². The lowest BCUT2D eigenvalue weighted by Gasteiger charge is -2.12. The quantitative estimate of drug-likeness (QED) is 0.654. The molecule has 0 bridgehead atoms. The Morgan fingerprint density at radius 3 is 2.81 bits per heavy atom. The van der Waals surface area contributed by atoms with Crippen molar-refractivity contribution in [1.29, 1.82) is 0 Å². The molecular formula is C13H19N5O2S. The molecule has 0 aliphatic rings. The van der Waals surface area contributed by atoms with Crippen molar-refractivity contribution in [2.24, 2.45) is 7.05 Å². The van der Waals surface area contributed by atoms with Crippen LogP contribution in [0.5, 0.6) is 0 Å². The number of aryl methyl sites for hydroxylation is 3. The van der Waals surface area contributed by atoms with Crippen molar-refractivity contribution in [2.75, 3.05) is 5.32 Å². The Hall–Kier alpha value is -1.96. The van der Waals surface area contributed by atoms with E-state index in [-0.39, 0.29) is 16.7 Å². The van der Waals surface area contributed by atoms with Gasteiger partial charge in [0.1, 0.15) is 10.7 Å². The summed E-state index contributed by atoms with van der Waals surface area (Å²) >= 11 is 1.54. The van der Waals surface area contributed by atoms with Crippen molar-refractivity contribution in [3.8, 4) is 0 Å². The summed E-state index contributed by atoms with van der Waals surface area (Å²) in [5.41, 5.74) is 1.55. The van der Waals surface area contributed by atoms with E-state index < -0.39 is 0 Å². The number of thiazole rings is 1. The maximum atomic E-state index is 11.4. The molecule has 8 heteroatoms. The van der Waals surface area contributed by atoms with Gasteiger partial charge >= 0.3 is 5.69 Å². The number of aromatic nitrogens is 3. The Bertz CT molecular complexity index is 649. The molecule has 7 nitrogen and oxygen atoms in total. The van der Waals surface area contributed by atoms with Crippen LogP contribution in [0, 0.1) is 17.0 Å². The zero-order valence-corrected chi connectivity index (χ0v) is 13.4. The molecule has 1 N–H and O–H groups in total. The first-order valence-corrected chi connectivity index (χ1v) is 7.70. The Kier molecular flexibility index (Phi) is 4.56. The van der Waals surface area contributed by atoms with Crippen LogP contribution in [0.15, 0.2) is 5.38 Å². The predicted octanol–water partition coefficient (Wildman–Crippen LogP) is 3.22. The van der Waals surface area contributed by atoms with Gasteiger partial charge in [0.2, 0.25) is 5.82 Å². The first-order valence-electron chi connectivity index (χ1n) is 6.82. The smallest absolute Gasteiger partial charge is 0.334 e. The van der Waals surface area contributed by atoms with Gasteiger partial charge in [0.25, 0.3) is 0 Å². The first-order chi connectivity index (χ1) is 9.93. The Morgan fingerprint density at radius 2 is 2.29 bits per heavy atom.